The Morgan fingerprint density at radius 3 is 2.02 bits per heavy atom. The van der Waals surface area contributed by atoms with E-state index in [9.17, 15) is 24.5 Å². The SMILES string of the molecule is COc1cc(C=NNC(=O)c2cccc(NC(=O)c3cc(OC)c(OC)c(OC)c3)c2)ccc1OC(=O)/C=C/c1ccc([N+](=O)[O-])cc1. The summed E-state index contributed by atoms with van der Waals surface area (Å²) in [5.74, 6) is -0.339. The molecule has 0 unspecified atom stereocenters. The number of hydrazone groups is 1. The zero-order chi connectivity index (χ0) is 34.6. The standard InChI is InChI=1S/C34H30N4O10/c1-44-28-16-22(10-14-27(28)48-31(39)15-11-21-8-12-26(13-9-21)38(42)43)20-35-37-34(41)23-6-5-7-25(17-23)36-33(40)24-18-29(45-2)32(47-4)30(19-24)46-3/h5-20H,1-4H3,(H,36,40)(H,37,41)/b15-11+,35-20?. The number of nitro benzene ring substituents is 1. The van der Waals surface area contributed by atoms with Gasteiger partial charge in [0.1, 0.15) is 0 Å². The average Bonchev–Trinajstić information content (AvgIpc) is 3.10. The summed E-state index contributed by atoms with van der Waals surface area (Å²) >= 11 is 0. The average molecular weight is 655 g/mol. The van der Waals surface area contributed by atoms with Gasteiger partial charge < -0.3 is 29.0 Å². The number of rotatable bonds is 13. The lowest BCUT2D eigenvalue weighted by Gasteiger charge is -2.14. The third kappa shape index (κ3) is 8.72. The Balaban J connectivity index is 1.36. The van der Waals surface area contributed by atoms with Gasteiger partial charge in [0.05, 0.1) is 39.6 Å². The summed E-state index contributed by atoms with van der Waals surface area (Å²) in [6.45, 7) is 0. The molecule has 48 heavy (non-hydrogen) atoms. The van der Waals surface area contributed by atoms with Crippen molar-refractivity contribution in [2.75, 3.05) is 33.8 Å². The summed E-state index contributed by atoms with van der Waals surface area (Å²) in [5, 5.41) is 17.5. The number of ether oxygens (including phenoxy) is 5. The van der Waals surface area contributed by atoms with E-state index < -0.39 is 22.7 Å². The van der Waals surface area contributed by atoms with Gasteiger partial charge in [-0.1, -0.05) is 6.07 Å². The monoisotopic (exact) mass is 654 g/mol. The van der Waals surface area contributed by atoms with Crippen LogP contribution in [0, 0.1) is 10.1 Å². The number of methoxy groups -OCH3 is 4. The summed E-state index contributed by atoms with van der Waals surface area (Å²) in [4.78, 5) is 48.4. The number of nitrogens with zero attached hydrogens (tertiary/aromatic N) is 2. The molecule has 14 heteroatoms. The van der Waals surface area contributed by atoms with Crippen LogP contribution in [0.1, 0.15) is 31.8 Å². The zero-order valence-corrected chi connectivity index (χ0v) is 26.2. The molecule has 0 aliphatic rings. The van der Waals surface area contributed by atoms with E-state index in [1.165, 1.54) is 95.3 Å². The molecule has 2 amide bonds. The van der Waals surface area contributed by atoms with E-state index in [0.717, 1.165) is 0 Å². The predicted molar refractivity (Wildman–Crippen MR) is 176 cm³/mol. The molecule has 0 spiro atoms. The lowest BCUT2D eigenvalue weighted by Crippen LogP contribution is -2.18. The van der Waals surface area contributed by atoms with Gasteiger partial charge in [-0.2, -0.15) is 5.10 Å². The molecule has 4 rings (SSSR count). The second kappa shape index (κ2) is 16.0. The minimum atomic E-state index is -0.692. The van der Waals surface area contributed by atoms with Crippen LogP contribution in [0.4, 0.5) is 11.4 Å². The molecule has 0 aliphatic heterocycles. The number of hydrogen-bond acceptors (Lipinski definition) is 11. The lowest BCUT2D eigenvalue weighted by atomic mass is 10.1. The van der Waals surface area contributed by atoms with Crippen LogP contribution < -0.4 is 34.4 Å². The Kier molecular flexibility index (Phi) is 11.4. The van der Waals surface area contributed by atoms with Crippen LogP contribution >= 0.6 is 0 Å². The molecular formula is C34H30N4O10. The quantitative estimate of drug-likeness (QED) is 0.0482. The second-order valence-electron chi connectivity index (χ2n) is 9.66. The normalized spacial score (nSPS) is 10.8. The van der Waals surface area contributed by atoms with Gasteiger partial charge in [-0.05, 0) is 77.9 Å². The Hall–Kier alpha value is -6.70. The summed E-state index contributed by atoms with van der Waals surface area (Å²) in [7, 11) is 5.75. The third-order valence-corrected chi connectivity index (χ3v) is 6.60. The molecule has 0 saturated carbocycles. The fourth-order valence-electron chi connectivity index (χ4n) is 4.25. The number of non-ortho nitro benzene ring substituents is 1. The number of carbonyl (C=O) groups is 3. The molecule has 246 valence electrons. The molecule has 0 saturated heterocycles. The highest BCUT2D eigenvalue weighted by molar-refractivity contribution is 6.06. The second-order valence-corrected chi connectivity index (χ2v) is 9.66. The number of benzene rings is 4. The Morgan fingerprint density at radius 1 is 0.729 bits per heavy atom. The van der Waals surface area contributed by atoms with E-state index in [1.54, 1.807) is 30.3 Å². The highest BCUT2D eigenvalue weighted by Gasteiger charge is 2.18. The Bertz CT molecular complexity index is 1860. The van der Waals surface area contributed by atoms with E-state index >= 15 is 0 Å². The fraction of sp³-hybridized carbons (Fsp3) is 0.118. The zero-order valence-electron chi connectivity index (χ0n) is 26.2. The van der Waals surface area contributed by atoms with Crippen LogP contribution in [0.5, 0.6) is 28.7 Å². The first-order valence-corrected chi connectivity index (χ1v) is 14.0. The van der Waals surface area contributed by atoms with Gasteiger partial charge in [0.25, 0.3) is 17.5 Å². The number of esters is 1. The molecule has 0 heterocycles. The number of nitrogens with one attached hydrogen (secondary N) is 2. The van der Waals surface area contributed by atoms with Gasteiger partial charge in [0.2, 0.25) is 5.75 Å². The molecule has 4 aromatic carbocycles. The number of carbonyl (C=O) groups excluding carboxylic acids is 3. The van der Waals surface area contributed by atoms with Crippen molar-refractivity contribution >= 4 is 41.4 Å². The van der Waals surface area contributed by atoms with E-state index in [0.29, 0.717) is 34.1 Å². The Morgan fingerprint density at radius 2 is 1.40 bits per heavy atom. The van der Waals surface area contributed by atoms with E-state index in [4.69, 9.17) is 23.7 Å². The summed E-state index contributed by atoms with van der Waals surface area (Å²) < 4.78 is 26.6. The fourth-order valence-corrected chi connectivity index (χ4v) is 4.25. The van der Waals surface area contributed by atoms with Crippen LogP contribution in [0.3, 0.4) is 0 Å². The molecule has 4 aromatic rings. The first-order valence-electron chi connectivity index (χ1n) is 14.0. The lowest BCUT2D eigenvalue weighted by molar-refractivity contribution is -0.384. The summed E-state index contributed by atoms with van der Waals surface area (Å²) in [6, 6.07) is 19.6. The van der Waals surface area contributed by atoms with Gasteiger partial charge in [-0.15, -0.1) is 0 Å². The van der Waals surface area contributed by atoms with Crippen LogP contribution in [-0.2, 0) is 4.79 Å². The topological polar surface area (TPSA) is 177 Å². The van der Waals surface area contributed by atoms with Gasteiger partial charge in [0, 0.05) is 35.0 Å². The number of amides is 2. The van der Waals surface area contributed by atoms with E-state index in [1.807, 2.05) is 0 Å². The van der Waals surface area contributed by atoms with Crippen LogP contribution in [0.2, 0.25) is 0 Å². The van der Waals surface area contributed by atoms with Gasteiger partial charge >= 0.3 is 5.97 Å². The molecule has 2 N–H and O–H groups in total. The minimum absolute atomic E-state index is 0.0626. The molecule has 14 nitrogen and oxygen atoms in total. The van der Waals surface area contributed by atoms with Crippen LogP contribution in [0.15, 0.2) is 90.0 Å². The molecular weight excluding hydrogens is 624 g/mol. The van der Waals surface area contributed by atoms with Crippen molar-refractivity contribution < 1.29 is 43.0 Å². The van der Waals surface area contributed by atoms with Crippen LogP contribution in [0.25, 0.3) is 6.08 Å². The maximum Gasteiger partial charge on any atom is 0.336 e. The first kappa shape index (κ1) is 34.2. The molecule has 0 aliphatic carbocycles. The summed E-state index contributed by atoms with van der Waals surface area (Å²) in [6.07, 6.45) is 4.01. The highest BCUT2D eigenvalue weighted by atomic mass is 16.6. The van der Waals surface area contributed by atoms with Crippen molar-refractivity contribution in [1.29, 1.82) is 0 Å². The van der Waals surface area contributed by atoms with Crippen molar-refractivity contribution in [1.82, 2.24) is 5.43 Å². The maximum atomic E-state index is 13.0. The first-order chi connectivity index (χ1) is 23.1. The summed E-state index contributed by atoms with van der Waals surface area (Å²) in [5.41, 5.74) is 4.31. The molecule has 0 bridgehead atoms. The van der Waals surface area contributed by atoms with E-state index in [2.05, 4.69) is 15.8 Å². The van der Waals surface area contributed by atoms with Crippen molar-refractivity contribution in [3.8, 4) is 28.7 Å². The number of nitro groups is 1. The smallest absolute Gasteiger partial charge is 0.336 e. The third-order valence-electron chi connectivity index (χ3n) is 6.60. The highest BCUT2D eigenvalue weighted by Crippen LogP contribution is 2.38. The largest absolute Gasteiger partial charge is 0.493 e. The van der Waals surface area contributed by atoms with Crippen molar-refractivity contribution in [2.45, 2.75) is 0 Å². The number of hydrogen-bond donors (Lipinski definition) is 2. The van der Waals surface area contributed by atoms with Crippen molar-refractivity contribution in [3.63, 3.8) is 0 Å². The van der Waals surface area contributed by atoms with Gasteiger partial charge in [-0.25, -0.2) is 10.2 Å². The maximum absolute atomic E-state index is 13.0. The number of anilines is 1. The Labute approximate surface area is 274 Å². The molecule has 0 atom stereocenters. The van der Waals surface area contributed by atoms with Crippen molar-refractivity contribution in [2.24, 2.45) is 5.10 Å². The molecule has 0 aromatic heterocycles. The van der Waals surface area contributed by atoms with Crippen LogP contribution in [-0.4, -0.2) is 57.4 Å². The van der Waals surface area contributed by atoms with E-state index in [-0.39, 0.29) is 28.3 Å². The van der Waals surface area contributed by atoms with Gasteiger partial charge in [0.15, 0.2) is 23.0 Å². The minimum Gasteiger partial charge on any atom is -0.493 e. The molecule has 0 radical (unpaired) electrons. The van der Waals surface area contributed by atoms with Crippen molar-refractivity contribution in [3.05, 3.63) is 117 Å². The van der Waals surface area contributed by atoms with Gasteiger partial charge in [-0.3, -0.25) is 19.7 Å². The predicted octanol–water partition coefficient (Wildman–Crippen LogP) is 5.26. The molecule has 0 fully saturated rings.